The van der Waals surface area contributed by atoms with Gasteiger partial charge in [-0.25, -0.2) is 4.98 Å². The topological polar surface area (TPSA) is 113 Å². The summed E-state index contributed by atoms with van der Waals surface area (Å²) in [5.41, 5.74) is 1.48. The average molecular weight is 438 g/mol. The van der Waals surface area contributed by atoms with Crippen molar-refractivity contribution in [2.45, 2.75) is 5.16 Å². The van der Waals surface area contributed by atoms with Crippen LogP contribution in [0.1, 0.15) is 0 Å². The first-order valence-corrected chi connectivity index (χ1v) is 10.1. The lowest BCUT2D eigenvalue weighted by Crippen LogP contribution is -2.15. The van der Waals surface area contributed by atoms with E-state index in [4.69, 9.17) is 18.3 Å². The second-order valence-corrected chi connectivity index (χ2v) is 7.09. The normalized spacial score (nSPS) is 10.6. The highest BCUT2D eigenvalue weighted by molar-refractivity contribution is 7.99. The van der Waals surface area contributed by atoms with Crippen LogP contribution >= 0.6 is 11.8 Å². The Labute approximate surface area is 181 Å². The van der Waals surface area contributed by atoms with Gasteiger partial charge in [0, 0.05) is 6.07 Å². The fraction of sp³-hybridized carbons (Fsp3) is 0.143. The number of aromatic nitrogens is 3. The summed E-state index contributed by atoms with van der Waals surface area (Å²) in [5, 5.41) is 11.5. The van der Waals surface area contributed by atoms with Crippen molar-refractivity contribution < 1.29 is 23.1 Å². The molecule has 1 N–H and O–H groups in total. The van der Waals surface area contributed by atoms with E-state index in [1.165, 1.54) is 7.11 Å². The lowest BCUT2D eigenvalue weighted by Gasteiger charge is -2.11. The van der Waals surface area contributed by atoms with Crippen molar-refractivity contribution in [1.82, 2.24) is 15.2 Å². The van der Waals surface area contributed by atoms with Crippen LogP contribution in [-0.2, 0) is 4.79 Å². The van der Waals surface area contributed by atoms with Crippen molar-refractivity contribution >= 4 is 23.4 Å². The number of carbonyl (C=O) groups is 1. The van der Waals surface area contributed by atoms with Crippen molar-refractivity contribution in [3.8, 4) is 34.4 Å². The number of carbonyl (C=O) groups excluding carboxylic acids is 1. The van der Waals surface area contributed by atoms with E-state index in [9.17, 15) is 4.79 Å². The Hall–Kier alpha value is -3.79. The minimum Gasteiger partial charge on any atom is -0.497 e. The summed E-state index contributed by atoms with van der Waals surface area (Å²) in [6.07, 6.45) is 3.09. The van der Waals surface area contributed by atoms with E-state index in [1.54, 1.807) is 62.1 Å². The molecule has 1 aromatic carbocycles. The highest BCUT2D eigenvalue weighted by Crippen LogP contribution is 2.31. The molecule has 0 radical (unpaired) electrons. The van der Waals surface area contributed by atoms with Gasteiger partial charge in [0.25, 0.3) is 0 Å². The van der Waals surface area contributed by atoms with Crippen molar-refractivity contribution in [2.24, 2.45) is 0 Å². The third-order valence-electron chi connectivity index (χ3n) is 4.19. The SMILES string of the molecule is COc1ccc(NC(=O)CSc2nnc(-c3ccco3)c(-c3ccco3)n2)c(OC)c1. The number of benzene rings is 1. The lowest BCUT2D eigenvalue weighted by atomic mass is 10.2. The number of amides is 1. The molecule has 0 aliphatic heterocycles. The van der Waals surface area contributed by atoms with E-state index in [-0.39, 0.29) is 11.7 Å². The molecular weight excluding hydrogens is 420 g/mol. The Balaban J connectivity index is 1.49. The van der Waals surface area contributed by atoms with Crippen LogP contribution in [-0.4, -0.2) is 41.1 Å². The predicted octanol–water partition coefficient (Wildman–Crippen LogP) is 4.14. The zero-order valence-corrected chi connectivity index (χ0v) is 17.5. The number of thioether (sulfide) groups is 1. The summed E-state index contributed by atoms with van der Waals surface area (Å²) in [5.74, 6) is 2.01. The Kier molecular flexibility index (Phi) is 6.18. The molecule has 3 aromatic heterocycles. The Bertz CT molecular complexity index is 1160. The van der Waals surface area contributed by atoms with Crippen LogP contribution < -0.4 is 14.8 Å². The number of hydrogen-bond acceptors (Lipinski definition) is 9. The molecule has 0 fully saturated rings. The Morgan fingerprint density at radius 1 is 1.00 bits per heavy atom. The summed E-state index contributed by atoms with van der Waals surface area (Å²) < 4.78 is 21.4. The average Bonchev–Trinajstić information content (AvgIpc) is 3.52. The minimum absolute atomic E-state index is 0.0779. The van der Waals surface area contributed by atoms with E-state index in [1.807, 2.05) is 0 Å². The third kappa shape index (κ3) is 4.69. The van der Waals surface area contributed by atoms with Crippen LogP contribution in [0.5, 0.6) is 11.5 Å². The van der Waals surface area contributed by atoms with Gasteiger partial charge in [-0.15, -0.1) is 10.2 Å². The molecular formula is C21H18N4O5S. The predicted molar refractivity (Wildman–Crippen MR) is 114 cm³/mol. The second kappa shape index (κ2) is 9.35. The number of hydrogen-bond donors (Lipinski definition) is 1. The lowest BCUT2D eigenvalue weighted by molar-refractivity contribution is -0.113. The van der Waals surface area contributed by atoms with Crippen LogP contribution in [0, 0.1) is 0 Å². The first-order valence-electron chi connectivity index (χ1n) is 9.15. The molecule has 1 amide bonds. The van der Waals surface area contributed by atoms with Gasteiger partial charge in [-0.1, -0.05) is 11.8 Å². The van der Waals surface area contributed by atoms with Crippen molar-refractivity contribution in [3.05, 3.63) is 55.0 Å². The molecule has 10 heteroatoms. The number of methoxy groups -OCH3 is 2. The van der Waals surface area contributed by atoms with E-state index >= 15 is 0 Å². The van der Waals surface area contributed by atoms with Crippen molar-refractivity contribution in [3.63, 3.8) is 0 Å². The molecule has 0 unspecified atom stereocenters. The number of anilines is 1. The van der Waals surface area contributed by atoms with Gasteiger partial charge in [0.15, 0.2) is 17.2 Å². The molecule has 158 valence electrons. The van der Waals surface area contributed by atoms with Crippen LogP contribution in [0.15, 0.2) is 69.0 Å². The van der Waals surface area contributed by atoms with Gasteiger partial charge in [-0.2, -0.15) is 0 Å². The highest BCUT2D eigenvalue weighted by atomic mass is 32.2. The molecule has 4 rings (SSSR count). The maximum absolute atomic E-state index is 12.4. The Morgan fingerprint density at radius 2 is 1.74 bits per heavy atom. The number of rotatable bonds is 8. The van der Waals surface area contributed by atoms with E-state index < -0.39 is 0 Å². The number of ether oxygens (including phenoxy) is 2. The molecule has 0 aliphatic carbocycles. The van der Waals surface area contributed by atoms with Crippen LogP contribution in [0.2, 0.25) is 0 Å². The molecule has 31 heavy (non-hydrogen) atoms. The van der Waals surface area contributed by atoms with E-state index in [0.29, 0.717) is 45.3 Å². The monoisotopic (exact) mass is 438 g/mol. The van der Waals surface area contributed by atoms with Gasteiger partial charge in [0.1, 0.15) is 17.2 Å². The minimum atomic E-state index is -0.244. The molecule has 0 aliphatic rings. The summed E-state index contributed by atoms with van der Waals surface area (Å²) in [6, 6.07) is 12.2. The molecule has 0 saturated heterocycles. The van der Waals surface area contributed by atoms with Gasteiger partial charge in [0.2, 0.25) is 11.1 Å². The second-order valence-electron chi connectivity index (χ2n) is 6.15. The number of furan rings is 2. The zero-order chi connectivity index (χ0) is 21.6. The quantitative estimate of drug-likeness (QED) is 0.406. The largest absolute Gasteiger partial charge is 0.497 e. The van der Waals surface area contributed by atoms with Crippen LogP contribution in [0.25, 0.3) is 22.9 Å². The maximum atomic E-state index is 12.4. The summed E-state index contributed by atoms with van der Waals surface area (Å²) in [6.45, 7) is 0. The molecule has 0 spiro atoms. The molecule has 0 bridgehead atoms. The molecule has 4 aromatic rings. The summed E-state index contributed by atoms with van der Waals surface area (Å²) >= 11 is 1.15. The first kappa shape index (κ1) is 20.5. The van der Waals surface area contributed by atoms with Gasteiger partial charge >= 0.3 is 0 Å². The van der Waals surface area contributed by atoms with E-state index in [2.05, 4.69) is 20.5 Å². The van der Waals surface area contributed by atoms with Crippen LogP contribution in [0.4, 0.5) is 5.69 Å². The molecule has 3 heterocycles. The van der Waals surface area contributed by atoms with E-state index in [0.717, 1.165) is 11.8 Å². The third-order valence-corrected chi connectivity index (χ3v) is 5.03. The smallest absolute Gasteiger partial charge is 0.234 e. The van der Waals surface area contributed by atoms with Crippen LogP contribution in [0.3, 0.4) is 0 Å². The summed E-state index contributed by atoms with van der Waals surface area (Å²) in [7, 11) is 3.08. The first-order chi connectivity index (χ1) is 15.2. The van der Waals surface area contributed by atoms with Gasteiger partial charge in [-0.3, -0.25) is 4.79 Å². The fourth-order valence-corrected chi connectivity index (χ4v) is 3.34. The zero-order valence-electron chi connectivity index (χ0n) is 16.7. The van der Waals surface area contributed by atoms with Crippen molar-refractivity contribution in [2.75, 3.05) is 25.3 Å². The van der Waals surface area contributed by atoms with Gasteiger partial charge in [0.05, 0.1) is 38.2 Å². The standard InChI is InChI=1S/C21H18N4O5S/c1-27-13-7-8-14(17(11-13)28-2)22-18(26)12-31-21-23-19(15-5-3-9-29-15)20(24-25-21)16-6-4-10-30-16/h3-11H,12H2,1-2H3,(H,22,26). The van der Waals surface area contributed by atoms with Crippen molar-refractivity contribution in [1.29, 1.82) is 0 Å². The highest BCUT2D eigenvalue weighted by Gasteiger charge is 2.18. The fourth-order valence-electron chi connectivity index (χ4n) is 2.75. The Morgan fingerprint density at radius 3 is 2.39 bits per heavy atom. The summed E-state index contributed by atoms with van der Waals surface area (Å²) in [4.78, 5) is 17.0. The number of nitrogens with zero attached hydrogens (tertiary/aromatic N) is 3. The van der Waals surface area contributed by atoms with Gasteiger partial charge < -0.3 is 23.6 Å². The van der Waals surface area contributed by atoms with Gasteiger partial charge in [-0.05, 0) is 36.4 Å². The molecule has 0 atom stereocenters. The molecule has 9 nitrogen and oxygen atoms in total. The molecule has 0 saturated carbocycles. The maximum Gasteiger partial charge on any atom is 0.234 e. The number of nitrogens with one attached hydrogen (secondary N) is 1.